The predicted octanol–water partition coefficient (Wildman–Crippen LogP) is 1.66. The lowest BCUT2D eigenvalue weighted by molar-refractivity contribution is -0.139. The molecule has 0 aromatic rings. The van der Waals surface area contributed by atoms with Gasteiger partial charge in [-0.2, -0.15) is 0 Å². The Bertz CT molecular complexity index is 334. The van der Waals surface area contributed by atoms with Crippen LogP contribution in [0.1, 0.15) is 44.9 Å². The van der Waals surface area contributed by atoms with Gasteiger partial charge in [-0.15, -0.1) is 0 Å². The van der Waals surface area contributed by atoms with Crippen LogP contribution in [-0.2, 0) is 4.79 Å². The first-order chi connectivity index (χ1) is 8.69. The molecule has 5 aliphatic rings. The molecular weight excluding hydrogens is 224 g/mol. The highest BCUT2D eigenvalue weighted by Crippen LogP contribution is 2.56. The number of nitrogens with two attached hydrogens (primary N) is 1. The molecule has 0 atom stereocenters. The molecule has 0 aromatic heterocycles. The van der Waals surface area contributed by atoms with E-state index in [-0.39, 0.29) is 0 Å². The number of carbonyl (C=O) groups excluding carboxylic acids is 1. The fourth-order valence-electron chi connectivity index (χ4n) is 5.43. The van der Waals surface area contributed by atoms with Gasteiger partial charge >= 0.3 is 0 Å². The molecule has 0 aromatic carbocycles. The Morgan fingerprint density at radius 2 is 1.44 bits per heavy atom. The normalized spacial score (nSPS) is 53.1. The molecule has 4 bridgehead atoms. The van der Waals surface area contributed by atoms with Crippen LogP contribution in [-0.4, -0.2) is 18.0 Å². The first-order valence-corrected chi connectivity index (χ1v) is 7.75. The SMILES string of the molecule is NC1CC(NC(=O)C2C3CC4CC(C3)CC2C4)C1. The zero-order valence-corrected chi connectivity index (χ0v) is 11.0. The van der Waals surface area contributed by atoms with Crippen LogP contribution >= 0.6 is 0 Å². The molecule has 0 saturated heterocycles. The van der Waals surface area contributed by atoms with E-state index in [2.05, 4.69) is 5.32 Å². The summed E-state index contributed by atoms with van der Waals surface area (Å²) in [7, 11) is 0. The van der Waals surface area contributed by atoms with Crippen LogP contribution in [0.4, 0.5) is 0 Å². The highest BCUT2D eigenvalue weighted by Gasteiger charge is 2.51. The van der Waals surface area contributed by atoms with E-state index in [9.17, 15) is 4.79 Å². The van der Waals surface area contributed by atoms with Crippen molar-refractivity contribution >= 4 is 5.91 Å². The Labute approximate surface area is 109 Å². The molecule has 1 amide bonds. The number of carbonyl (C=O) groups is 1. The van der Waals surface area contributed by atoms with Gasteiger partial charge in [0.05, 0.1) is 0 Å². The van der Waals surface area contributed by atoms with Crippen molar-refractivity contribution in [2.75, 3.05) is 0 Å². The summed E-state index contributed by atoms with van der Waals surface area (Å²) in [5, 5.41) is 3.26. The lowest BCUT2D eigenvalue weighted by Gasteiger charge is -2.54. The Kier molecular flexibility index (Phi) is 2.48. The molecule has 18 heavy (non-hydrogen) atoms. The molecule has 3 nitrogen and oxygen atoms in total. The zero-order valence-electron chi connectivity index (χ0n) is 11.0. The lowest BCUT2D eigenvalue weighted by atomic mass is 9.51. The van der Waals surface area contributed by atoms with E-state index in [0.717, 1.165) is 24.7 Å². The van der Waals surface area contributed by atoms with Crippen LogP contribution in [0.3, 0.4) is 0 Å². The molecular formula is C15H24N2O. The molecule has 3 heteroatoms. The zero-order chi connectivity index (χ0) is 12.3. The van der Waals surface area contributed by atoms with Crippen LogP contribution in [0.5, 0.6) is 0 Å². The minimum absolute atomic E-state index is 0.328. The van der Waals surface area contributed by atoms with E-state index in [0.29, 0.717) is 35.7 Å². The van der Waals surface area contributed by atoms with Gasteiger partial charge in [-0.05, 0) is 68.6 Å². The Morgan fingerprint density at radius 3 is 1.94 bits per heavy atom. The van der Waals surface area contributed by atoms with E-state index < -0.39 is 0 Å². The minimum Gasteiger partial charge on any atom is -0.353 e. The molecule has 0 radical (unpaired) electrons. The summed E-state index contributed by atoms with van der Waals surface area (Å²) in [5.74, 6) is 4.02. The molecule has 5 rings (SSSR count). The van der Waals surface area contributed by atoms with Gasteiger partial charge in [-0.1, -0.05) is 0 Å². The van der Waals surface area contributed by atoms with Crippen LogP contribution in [0.25, 0.3) is 0 Å². The van der Waals surface area contributed by atoms with Crippen LogP contribution in [0.15, 0.2) is 0 Å². The summed E-state index contributed by atoms with van der Waals surface area (Å²) in [6, 6.07) is 0.707. The van der Waals surface area contributed by atoms with Gasteiger partial charge in [0.2, 0.25) is 5.91 Å². The van der Waals surface area contributed by atoms with Crippen molar-refractivity contribution in [3.8, 4) is 0 Å². The summed E-state index contributed by atoms with van der Waals surface area (Å²) < 4.78 is 0. The number of nitrogens with one attached hydrogen (secondary N) is 1. The highest BCUT2D eigenvalue weighted by molar-refractivity contribution is 5.80. The summed E-state index contributed by atoms with van der Waals surface area (Å²) >= 11 is 0. The number of rotatable bonds is 2. The van der Waals surface area contributed by atoms with Gasteiger partial charge in [0.15, 0.2) is 0 Å². The maximum absolute atomic E-state index is 12.5. The summed E-state index contributed by atoms with van der Waals surface area (Å²) in [5.41, 5.74) is 5.79. The third-order valence-electron chi connectivity index (χ3n) is 6.05. The quantitative estimate of drug-likeness (QED) is 0.781. The van der Waals surface area contributed by atoms with Crippen molar-refractivity contribution < 1.29 is 4.79 Å². The Balaban J connectivity index is 1.43. The maximum Gasteiger partial charge on any atom is 0.223 e. The minimum atomic E-state index is 0.328. The van der Waals surface area contributed by atoms with Crippen molar-refractivity contribution in [3.05, 3.63) is 0 Å². The standard InChI is InChI=1S/C15H24N2O/c16-12-6-13(7-12)17-15(18)14-10-2-8-1-9(4-10)5-11(14)3-8/h8-14H,1-7,16H2,(H,17,18). The fourth-order valence-corrected chi connectivity index (χ4v) is 5.43. The molecule has 0 spiro atoms. The third-order valence-corrected chi connectivity index (χ3v) is 6.05. The molecule has 0 heterocycles. The van der Waals surface area contributed by atoms with E-state index in [1.165, 1.54) is 32.1 Å². The van der Waals surface area contributed by atoms with Gasteiger partial charge in [-0.25, -0.2) is 0 Å². The molecule has 3 N–H and O–H groups in total. The van der Waals surface area contributed by atoms with E-state index in [4.69, 9.17) is 5.73 Å². The molecule has 0 aliphatic heterocycles. The lowest BCUT2D eigenvalue weighted by Crippen LogP contribution is -2.56. The van der Waals surface area contributed by atoms with E-state index in [1.54, 1.807) is 0 Å². The van der Waals surface area contributed by atoms with Gasteiger partial charge in [0, 0.05) is 18.0 Å². The summed E-state index contributed by atoms with van der Waals surface area (Å²) in [4.78, 5) is 12.5. The molecule has 100 valence electrons. The summed E-state index contributed by atoms with van der Waals surface area (Å²) in [6.07, 6.45) is 8.74. The largest absolute Gasteiger partial charge is 0.353 e. The number of amides is 1. The van der Waals surface area contributed by atoms with Crippen molar-refractivity contribution in [2.24, 2.45) is 35.3 Å². The van der Waals surface area contributed by atoms with Gasteiger partial charge in [0.25, 0.3) is 0 Å². The van der Waals surface area contributed by atoms with Gasteiger partial charge in [-0.3, -0.25) is 4.79 Å². The monoisotopic (exact) mass is 248 g/mol. The first-order valence-electron chi connectivity index (χ1n) is 7.75. The van der Waals surface area contributed by atoms with Crippen molar-refractivity contribution in [1.29, 1.82) is 0 Å². The number of hydrogen-bond acceptors (Lipinski definition) is 2. The average molecular weight is 248 g/mol. The molecule has 5 fully saturated rings. The molecule has 0 unspecified atom stereocenters. The molecule has 5 aliphatic carbocycles. The summed E-state index contributed by atoms with van der Waals surface area (Å²) in [6.45, 7) is 0. The average Bonchev–Trinajstić information content (AvgIpc) is 2.25. The van der Waals surface area contributed by atoms with Crippen molar-refractivity contribution in [1.82, 2.24) is 5.32 Å². The maximum atomic E-state index is 12.5. The van der Waals surface area contributed by atoms with Crippen LogP contribution in [0, 0.1) is 29.6 Å². The van der Waals surface area contributed by atoms with Crippen LogP contribution in [0.2, 0.25) is 0 Å². The second-order valence-electron chi connectivity index (χ2n) is 7.39. The first kappa shape index (κ1) is 11.3. The molecule has 5 saturated carbocycles. The van der Waals surface area contributed by atoms with Crippen molar-refractivity contribution in [3.63, 3.8) is 0 Å². The smallest absolute Gasteiger partial charge is 0.223 e. The van der Waals surface area contributed by atoms with E-state index in [1.807, 2.05) is 0 Å². The number of hydrogen-bond donors (Lipinski definition) is 2. The van der Waals surface area contributed by atoms with Gasteiger partial charge < -0.3 is 11.1 Å². The topological polar surface area (TPSA) is 55.1 Å². The predicted molar refractivity (Wildman–Crippen MR) is 69.7 cm³/mol. The Hall–Kier alpha value is -0.570. The van der Waals surface area contributed by atoms with E-state index >= 15 is 0 Å². The second-order valence-corrected chi connectivity index (χ2v) is 7.39. The Morgan fingerprint density at radius 1 is 0.889 bits per heavy atom. The van der Waals surface area contributed by atoms with Crippen molar-refractivity contribution in [2.45, 2.75) is 57.0 Å². The highest BCUT2D eigenvalue weighted by atomic mass is 16.2. The van der Waals surface area contributed by atoms with Gasteiger partial charge in [0.1, 0.15) is 0 Å². The second kappa shape index (κ2) is 3.96. The third kappa shape index (κ3) is 1.70. The van der Waals surface area contributed by atoms with Crippen LogP contribution < -0.4 is 11.1 Å². The fraction of sp³-hybridized carbons (Fsp3) is 0.933.